The number of nitrogens with one attached hydrogen (secondary N) is 1. The van der Waals surface area contributed by atoms with Crippen LogP contribution in [0.2, 0.25) is 5.02 Å². The van der Waals surface area contributed by atoms with Crippen molar-refractivity contribution in [2.45, 2.75) is 6.04 Å². The van der Waals surface area contributed by atoms with Crippen molar-refractivity contribution in [3.63, 3.8) is 0 Å². The number of carbonyl (C=O) groups is 1. The second-order valence-corrected chi connectivity index (χ2v) is 5.37. The van der Waals surface area contributed by atoms with Gasteiger partial charge in [0.25, 0.3) is 5.91 Å². The number of benzene rings is 1. The molecule has 0 saturated carbocycles. The summed E-state index contributed by atoms with van der Waals surface area (Å²) in [7, 11) is 3.85. The van der Waals surface area contributed by atoms with Crippen LogP contribution in [-0.2, 0) is 0 Å². The summed E-state index contributed by atoms with van der Waals surface area (Å²) in [5.74, 6) is 0.562. The number of carbonyl (C=O) groups excluding carboxylic acids is 1. The number of nitrogens with zero attached hydrogens (tertiary/aromatic N) is 1. The van der Waals surface area contributed by atoms with E-state index >= 15 is 0 Å². The Morgan fingerprint density at radius 1 is 1.43 bits per heavy atom. The Kier molecular flexibility index (Phi) is 4.88. The topological polar surface area (TPSA) is 71.5 Å². The molecule has 3 N–H and O–H groups in total. The van der Waals surface area contributed by atoms with Crippen molar-refractivity contribution < 1.29 is 9.21 Å². The number of anilines is 1. The Balaban J connectivity index is 2.05. The second kappa shape index (κ2) is 6.65. The summed E-state index contributed by atoms with van der Waals surface area (Å²) < 4.78 is 5.40. The number of nitrogens with two attached hydrogens (primary N) is 1. The van der Waals surface area contributed by atoms with Crippen LogP contribution in [0.15, 0.2) is 41.0 Å². The molecule has 0 bridgehead atoms. The van der Waals surface area contributed by atoms with E-state index in [1.807, 2.05) is 31.1 Å². The quantitative estimate of drug-likeness (QED) is 0.833. The predicted molar refractivity (Wildman–Crippen MR) is 83.3 cm³/mol. The molecule has 1 amide bonds. The molecule has 1 atom stereocenters. The highest BCUT2D eigenvalue weighted by Gasteiger charge is 2.19. The van der Waals surface area contributed by atoms with Gasteiger partial charge >= 0.3 is 0 Å². The summed E-state index contributed by atoms with van der Waals surface area (Å²) in [6.07, 6.45) is 1.62. The van der Waals surface area contributed by atoms with E-state index in [-0.39, 0.29) is 11.9 Å². The maximum Gasteiger partial charge on any atom is 0.253 e. The van der Waals surface area contributed by atoms with E-state index in [2.05, 4.69) is 5.32 Å². The molecule has 0 fully saturated rings. The minimum atomic E-state index is -0.234. The van der Waals surface area contributed by atoms with E-state index in [0.29, 0.717) is 22.8 Å². The summed E-state index contributed by atoms with van der Waals surface area (Å²) in [5.41, 5.74) is 6.58. The van der Waals surface area contributed by atoms with Crippen LogP contribution in [0, 0.1) is 0 Å². The fourth-order valence-electron chi connectivity index (χ4n) is 2.04. The van der Waals surface area contributed by atoms with Crippen molar-refractivity contribution in [3.8, 4) is 0 Å². The number of likely N-dealkylation sites (N-methyl/N-ethyl adjacent to an activating group) is 1. The lowest BCUT2D eigenvalue weighted by molar-refractivity contribution is 0.0940. The van der Waals surface area contributed by atoms with E-state index in [0.717, 1.165) is 5.76 Å². The van der Waals surface area contributed by atoms with Gasteiger partial charge in [-0.15, -0.1) is 0 Å². The van der Waals surface area contributed by atoms with Crippen LogP contribution >= 0.6 is 11.6 Å². The van der Waals surface area contributed by atoms with Crippen LogP contribution in [0.25, 0.3) is 0 Å². The number of amides is 1. The minimum Gasteiger partial charge on any atom is -0.468 e. The summed E-state index contributed by atoms with van der Waals surface area (Å²) in [5, 5.41) is 3.37. The molecular formula is C15H18ClN3O2. The molecule has 21 heavy (non-hydrogen) atoms. The highest BCUT2D eigenvalue weighted by atomic mass is 35.5. The molecule has 2 rings (SSSR count). The van der Waals surface area contributed by atoms with Gasteiger partial charge in [0.1, 0.15) is 5.76 Å². The normalized spacial score (nSPS) is 12.4. The summed E-state index contributed by atoms with van der Waals surface area (Å²) in [6, 6.07) is 8.48. The average Bonchev–Trinajstić information content (AvgIpc) is 2.92. The first kappa shape index (κ1) is 15.4. The van der Waals surface area contributed by atoms with Gasteiger partial charge in [-0.25, -0.2) is 0 Å². The van der Waals surface area contributed by atoms with Crippen molar-refractivity contribution in [2.24, 2.45) is 0 Å². The fourth-order valence-corrected chi connectivity index (χ4v) is 2.22. The van der Waals surface area contributed by atoms with E-state index < -0.39 is 0 Å². The van der Waals surface area contributed by atoms with Gasteiger partial charge in [0.05, 0.1) is 17.9 Å². The standard InChI is InChI=1S/C15H18ClN3O2/c1-19(2)13(14-4-3-7-21-14)9-18-15(20)11-6-5-10(16)8-12(11)17/h3-8,13H,9,17H2,1-2H3,(H,18,20). The van der Waals surface area contributed by atoms with Gasteiger partial charge in [-0.3, -0.25) is 9.69 Å². The van der Waals surface area contributed by atoms with Crippen molar-refractivity contribution in [1.29, 1.82) is 0 Å². The zero-order valence-electron chi connectivity index (χ0n) is 12.0. The molecule has 0 spiro atoms. The fraction of sp³-hybridized carbons (Fsp3) is 0.267. The highest BCUT2D eigenvalue weighted by molar-refractivity contribution is 6.31. The predicted octanol–water partition coefficient (Wildman–Crippen LogP) is 2.55. The molecule has 0 saturated heterocycles. The van der Waals surface area contributed by atoms with Crippen LogP contribution in [-0.4, -0.2) is 31.4 Å². The number of nitrogen functional groups attached to an aromatic ring is 1. The van der Waals surface area contributed by atoms with Crippen LogP contribution in [0.4, 0.5) is 5.69 Å². The Morgan fingerprint density at radius 2 is 2.19 bits per heavy atom. The molecule has 2 aromatic rings. The van der Waals surface area contributed by atoms with E-state index in [1.165, 1.54) is 0 Å². The molecule has 1 heterocycles. The van der Waals surface area contributed by atoms with Gasteiger partial charge in [-0.1, -0.05) is 11.6 Å². The van der Waals surface area contributed by atoms with Crippen molar-refractivity contribution >= 4 is 23.2 Å². The average molecular weight is 308 g/mol. The van der Waals surface area contributed by atoms with Crippen LogP contribution in [0.3, 0.4) is 0 Å². The van der Waals surface area contributed by atoms with Crippen molar-refractivity contribution in [3.05, 3.63) is 52.9 Å². The first-order chi connectivity index (χ1) is 9.99. The van der Waals surface area contributed by atoms with Gasteiger partial charge < -0.3 is 15.5 Å². The minimum absolute atomic E-state index is 0.0440. The molecule has 1 aromatic heterocycles. The molecule has 6 heteroatoms. The third-order valence-corrected chi connectivity index (χ3v) is 3.44. The van der Waals surface area contributed by atoms with Crippen LogP contribution < -0.4 is 11.1 Å². The second-order valence-electron chi connectivity index (χ2n) is 4.94. The molecule has 5 nitrogen and oxygen atoms in total. The van der Waals surface area contributed by atoms with Crippen LogP contribution in [0.5, 0.6) is 0 Å². The molecule has 1 aromatic carbocycles. The summed E-state index contributed by atoms with van der Waals surface area (Å²) in [4.78, 5) is 14.2. The zero-order valence-corrected chi connectivity index (χ0v) is 12.7. The highest BCUT2D eigenvalue weighted by Crippen LogP contribution is 2.20. The number of hydrogen-bond donors (Lipinski definition) is 2. The number of halogens is 1. The maximum atomic E-state index is 12.2. The monoisotopic (exact) mass is 307 g/mol. The number of hydrogen-bond acceptors (Lipinski definition) is 4. The van der Waals surface area contributed by atoms with Gasteiger partial charge in [-0.05, 0) is 44.4 Å². The summed E-state index contributed by atoms with van der Waals surface area (Å²) in [6.45, 7) is 0.418. The molecule has 0 aliphatic carbocycles. The summed E-state index contributed by atoms with van der Waals surface area (Å²) >= 11 is 5.83. The molecule has 0 radical (unpaired) electrons. The number of rotatable bonds is 5. The van der Waals surface area contributed by atoms with Gasteiger partial charge in [0.2, 0.25) is 0 Å². The molecule has 112 valence electrons. The largest absolute Gasteiger partial charge is 0.468 e. The Hall–Kier alpha value is -1.98. The van der Waals surface area contributed by atoms with Crippen LogP contribution in [0.1, 0.15) is 22.2 Å². The third-order valence-electron chi connectivity index (χ3n) is 3.21. The van der Waals surface area contributed by atoms with E-state index in [9.17, 15) is 4.79 Å². The Labute approximate surface area is 128 Å². The van der Waals surface area contributed by atoms with Crippen molar-refractivity contribution in [1.82, 2.24) is 10.2 Å². The van der Waals surface area contributed by atoms with Crippen molar-refractivity contribution in [2.75, 3.05) is 26.4 Å². The lowest BCUT2D eigenvalue weighted by Crippen LogP contribution is -2.34. The lowest BCUT2D eigenvalue weighted by atomic mass is 10.1. The Morgan fingerprint density at radius 3 is 2.76 bits per heavy atom. The molecule has 1 unspecified atom stereocenters. The molecular weight excluding hydrogens is 290 g/mol. The van der Waals surface area contributed by atoms with Gasteiger partial charge in [0.15, 0.2) is 0 Å². The SMILES string of the molecule is CN(C)C(CNC(=O)c1ccc(Cl)cc1N)c1ccco1. The first-order valence-corrected chi connectivity index (χ1v) is 6.90. The Bertz CT molecular complexity index is 611. The number of furan rings is 1. The van der Waals surface area contributed by atoms with E-state index in [4.69, 9.17) is 21.8 Å². The molecule has 0 aliphatic heterocycles. The maximum absolute atomic E-state index is 12.2. The first-order valence-electron chi connectivity index (χ1n) is 6.52. The van der Waals surface area contributed by atoms with Gasteiger partial charge in [0, 0.05) is 17.3 Å². The lowest BCUT2D eigenvalue weighted by Gasteiger charge is -2.22. The molecule has 0 aliphatic rings. The van der Waals surface area contributed by atoms with E-state index in [1.54, 1.807) is 24.5 Å². The zero-order chi connectivity index (χ0) is 15.4. The van der Waals surface area contributed by atoms with Gasteiger partial charge in [-0.2, -0.15) is 0 Å². The smallest absolute Gasteiger partial charge is 0.253 e. The third kappa shape index (κ3) is 3.77.